The number of methoxy groups -OCH3 is 1. The van der Waals surface area contributed by atoms with Gasteiger partial charge in [0, 0.05) is 32.6 Å². The Labute approximate surface area is 99.4 Å². The molecule has 0 aromatic carbocycles. The molecule has 1 fully saturated rings. The lowest BCUT2D eigenvalue weighted by Crippen LogP contribution is -2.29. The fourth-order valence-corrected chi connectivity index (χ4v) is 2.12. The third-order valence-corrected chi connectivity index (χ3v) is 3.03. The van der Waals surface area contributed by atoms with Crippen LogP contribution in [0.25, 0.3) is 0 Å². The number of ether oxygens (including phenoxy) is 1. The van der Waals surface area contributed by atoms with E-state index in [0.29, 0.717) is 13.1 Å². The lowest BCUT2D eigenvalue weighted by Gasteiger charge is -2.17. The van der Waals surface area contributed by atoms with E-state index in [4.69, 9.17) is 10.00 Å². The number of nitrogens with zero attached hydrogens (tertiary/aromatic N) is 4. The van der Waals surface area contributed by atoms with Crippen molar-refractivity contribution in [1.29, 1.82) is 5.26 Å². The van der Waals surface area contributed by atoms with Crippen LogP contribution in [0.5, 0.6) is 0 Å². The van der Waals surface area contributed by atoms with E-state index in [1.807, 2.05) is 16.8 Å². The average Bonchev–Trinajstić information content (AvgIpc) is 2.97. The van der Waals surface area contributed by atoms with Crippen LogP contribution in [0.2, 0.25) is 0 Å². The van der Waals surface area contributed by atoms with E-state index in [-0.39, 0.29) is 24.5 Å². The number of rotatable bonds is 3. The Bertz CT molecular complexity index is 423. The molecule has 0 radical (unpaired) electrons. The molecule has 1 aromatic rings. The van der Waals surface area contributed by atoms with Crippen LogP contribution >= 0.6 is 0 Å². The molecule has 1 aliphatic heterocycles. The minimum absolute atomic E-state index is 0.0492. The van der Waals surface area contributed by atoms with Gasteiger partial charge >= 0.3 is 0 Å². The number of imidazole rings is 1. The molecule has 17 heavy (non-hydrogen) atoms. The van der Waals surface area contributed by atoms with Crippen molar-refractivity contribution in [2.45, 2.75) is 18.6 Å². The maximum atomic E-state index is 11.6. The second-order valence-corrected chi connectivity index (χ2v) is 3.99. The highest BCUT2D eigenvalue weighted by molar-refractivity contribution is 5.78. The van der Waals surface area contributed by atoms with E-state index < -0.39 is 0 Å². The van der Waals surface area contributed by atoms with Gasteiger partial charge in [-0.25, -0.2) is 4.98 Å². The highest BCUT2D eigenvalue weighted by atomic mass is 16.5. The number of hydrogen-bond acceptors (Lipinski definition) is 4. The zero-order valence-corrected chi connectivity index (χ0v) is 9.61. The van der Waals surface area contributed by atoms with Gasteiger partial charge in [-0.05, 0) is 0 Å². The molecule has 6 nitrogen and oxygen atoms in total. The van der Waals surface area contributed by atoms with Crippen molar-refractivity contribution in [2.24, 2.45) is 0 Å². The standard InChI is InChI=1S/C11H14N4O2/c1-17-10-7-15(11(16)2-3-12)6-9(10)14-5-4-13-8-14/h4-5,8-10H,2,6-7H2,1H3. The topological polar surface area (TPSA) is 71.2 Å². The predicted octanol–water partition coefficient (Wildman–Crippen LogP) is 0.195. The van der Waals surface area contributed by atoms with Crippen molar-refractivity contribution >= 4 is 5.91 Å². The Morgan fingerprint density at radius 1 is 1.65 bits per heavy atom. The minimum Gasteiger partial charge on any atom is -0.377 e. The van der Waals surface area contributed by atoms with Crippen molar-refractivity contribution in [3.63, 3.8) is 0 Å². The fourth-order valence-electron chi connectivity index (χ4n) is 2.12. The number of amides is 1. The zero-order chi connectivity index (χ0) is 12.3. The molecule has 1 saturated heterocycles. The molecule has 0 bridgehead atoms. The smallest absolute Gasteiger partial charge is 0.236 e. The SMILES string of the molecule is COC1CN(C(=O)CC#N)CC1n1ccnc1. The summed E-state index contributed by atoms with van der Waals surface area (Å²) < 4.78 is 7.32. The maximum absolute atomic E-state index is 11.6. The van der Waals surface area contributed by atoms with Gasteiger partial charge in [0.05, 0.1) is 24.5 Å². The molecule has 0 spiro atoms. The number of carbonyl (C=O) groups is 1. The summed E-state index contributed by atoms with van der Waals surface area (Å²) in [6, 6.07) is 1.95. The quantitative estimate of drug-likeness (QED) is 0.748. The van der Waals surface area contributed by atoms with E-state index in [1.165, 1.54) is 0 Å². The number of hydrogen-bond donors (Lipinski definition) is 0. The second-order valence-electron chi connectivity index (χ2n) is 3.99. The molecule has 6 heteroatoms. The molecule has 2 atom stereocenters. The summed E-state index contributed by atoms with van der Waals surface area (Å²) in [5.41, 5.74) is 0. The first-order valence-electron chi connectivity index (χ1n) is 5.41. The molecule has 2 rings (SSSR count). The first-order valence-corrected chi connectivity index (χ1v) is 5.41. The third kappa shape index (κ3) is 2.29. The van der Waals surface area contributed by atoms with Gasteiger partial charge in [0.25, 0.3) is 0 Å². The molecular formula is C11H14N4O2. The van der Waals surface area contributed by atoms with Crippen molar-refractivity contribution in [3.8, 4) is 6.07 Å². The van der Waals surface area contributed by atoms with Crippen LogP contribution in [0, 0.1) is 11.3 Å². The molecule has 1 aliphatic rings. The van der Waals surface area contributed by atoms with E-state index in [0.717, 1.165) is 0 Å². The number of carbonyl (C=O) groups excluding carboxylic acids is 1. The van der Waals surface area contributed by atoms with Gasteiger partial charge in [-0.2, -0.15) is 5.26 Å². The van der Waals surface area contributed by atoms with E-state index >= 15 is 0 Å². The Morgan fingerprint density at radius 3 is 3.06 bits per heavy atom. The number of likely N-dealkylation sites (tertiary alicyclic amines) is 1. The van der Waals surface area contributed by atoms with Gasteiger partial charge in [0.2, 0.25) is 5.91 Å². The highest BCUT2D eigenvalue weighted by Crippen LogP contribution is 2.24. The van der Waals surface area contributed by atoms with E-state index in [9.17, 15) is 4.79 Å². The molecule has 0 N–H and O–H groups in total. The molecule has 1 amide bonds. The largest absolute Gasteiger partial charge is 0.377 e. The maximum Gasteiger partial charge on any atom is 0.236 e. The average molecular weight is 234 g/mol. The highest BCUT2D eigenvalue weighted by Gasteiger charge is 2.35. The summed E-state index contributed by atoms with van der Waals surface area (Å²) in [6.45, 7) is 1.09. The van der Waals surface area contributed by atoms with Crippen LogP contribution in [-0.2, 0) is 9.53 Å². The van der Waals surface area contributed by atoms with Crippen molar-refractivity contribution < 1.29 is 9.53 Å². The van der Waals surface area contributed by atoms with Crippen LogP contribution in [-0.4, -0.2) is 46.7 Å². The van der Waals surface area contributed by atoms with Gasteiger partial charge in [-0.1, -0.05) is 0 Å². The summed E-state index contributed by atoms with van der Waals surface area (Å²) in [7, 11) is 1.63. The first-order chi connectivity index (χ1) is 8.26. The molecule has 1 aromatic heterocycles. The van der Waals surface area contributed by atoms with Crippen LogP contribution < -0.4 is 0 Å². The molecular weight excluding hydrogens is 220 g/mol. The molecule has 90 valence electrons. The summed E-state index contributed by atoms with van der Waals surface area (Å²) in [6.07, 6.45) is 5.15. The number of aromatic nitrogens is 2. The monoisotopic (exact) mass is 234 g/mol. The molecule has 0 aliphatic carbocycles. The van der Waals surface area contributed by atoms with Gasteiger partial charge in [0.15, 0.2) is 0 Å². The molecule has 0 saturated carbocycles. The van der Waals surface area contributed by atoms with Crippen LogP contribution in [0.3, 0.4) is 0 Å². The summed E-state index contributed by atoms with van der Waals surface area (Å²) >= 11 is 0. The van der Waals surface area contributed by atoms with Crippen molar-refractivity contribution in [3.05, 3.63) is 18.7 Å². The Balaban J connectivity index is 2.09. The Kier molecular flexibility index (Phi) is 3.40. The first kappa shape index (κ1) is 11.6. The normalized spacial score (nSPS) is 23.6. The van der Waals surface area contributed by atoms with Crippen LogP contribution in [0.1, 0.15) is 12.5 Å². The van der Waals surface area contributed by atoms with Gasteiger partial charge in [-0.15, -0.1) is 0 Å². The second kappa shape index (κ2) is 4.97. The lowest BCUT2D eigenvalue weighted by molar-refractivity contribution is -0.129. The number of nitriles is 1. The van der Waals surface area contributed by atoms with Crippen LogP contribution in [0.4, 0.5) is 0 Å². The van der Waals surface area contributed by atoms with Crippen molar-refractivity contribution in [1.82, 2.24) is 14.5 Å². The summed E-state index contributed by atoms with van der Waals surface area (Å²) in [5.74, 6) is -0.142. The summed E-state index contributed by atoms with van der Waals surface area (Å²) in [4.78, 5) is 17.3. The lowest BCUT2D eigenvalue weighted by atomic mass is 10.2. The molecule has 2 unspecified atom stereocenters. The third-order valence-electron chi connectivity index (χ3n) is 3.03. The zero-order valence-electron chi connectivity index (χ0n) is 9.61. The molecule has 2 heterocycles. The van der Waals surface area contributed by atoms with Gasteiger partial charge < -0.3 is 14.2 Å². The summed E-state index contributed by atoms with van der Waals surface area (Å²) in [5, 5.41) is 8.53. The minimum atomic E-state index is -0.142. The Hall–Kier alpha value is -1.87. The Morgan fingerprint density at radius 2 is 2.47 bits per heavy atom. The van der Waals surface area contributed by atoms with E-state index in [1.54, 1.807) is 24.5 Å². The fraction of sp³-hybridized carbons (Fsp3) is 0.545. The van der Waals surface area contributed by atoms with Gasteiger partial charge in [-0.3, -0.25) is 4.79 Å². The predicted molar refractivity (Wildman–Crippen MR) is 58.9 cm³/mol. The van der Waals surface area contributed by atoms with Crippen molar-refractivity contribution in [2.75, 3.05) is 20.2 Å². The van der Waals surface area contributed by atoms with E-state index in [2.05, 4.69) is 4.98 Å². The van der Waals surface area contributed by atoms with Gasteiger partial charge in [0.1, 0.15) is 6.42 Å². The van der Waals surface area contributed by atoms with Crippen LogP contribution in [0.15, 0.2) is 18.7 Å².